The second-order valence-electron chi connectivity index (χ2n) is 4.93. The lowest BCUT2D eigenvalue weighted by Gasteiger charge is -2.16. The summed E-state index contributed by atoms with van der Waals surface area (Å²) in [6.45, 7) is 5.26. The number of rotatable bonds is 5. The maximum absolute atomic E-state index is 13.8. The highest BCUT2D eigenvalue weighted by atomic mass is 19.1. The number of carbonyl (C=O) groups excluding carboxylic acids is 1. The number of carboxylic acid groups (broad SMARTS) is 1. The molecule has 0 unspecified atom stereocenters. The molecule has 0 bridgehead atoms. The number of carboxylic acids is 1. The zero-order chi connectivity index (χ0) is 14.6. The lowest BCUT2D eigenvalue weighted by Crippen LogP contribution is -2.42. The minimum absolute atomic E-state index is 0.115. The molecule has 0 aliphatic heterocycles. The van der Waals surface area contributed by atoms with E-state index in [4.69, 9.17) is 5.11 Å². The minimum atomic E-state index is -1.12. The van der Waals surface area contributed by atoms with Crippen molar-refractivity contribution >= 4 is 11.9 Å². The van der Waals surface area contributed by atoms with Gasteiger partial charge in [-0.25, -0.2) is 9.18 Å². The number of hydrogen-bond donors (Lipinski definition) is 2. The van der Waals surface area contributed by atoms with Crippen molar-refractivity contribution in [3.63, 3.8) is 0 Å². The molecule has 1 amide bonds. The van der Waals surface area contributed by atoms with Crippen molar-refractivity contribution in [1.82, 2.24) is 5.32 Å². The molecule has 0 aliphatic carbocycles. The van der Waals surface area contributed by atoms with Crippen LogP contribution in [0.3, 0.4) is 0 Å². The third-order valence-corrected chi connectivity index (χ3v) is 2.75. The van der Waals surface area contributed by atoms with Crippen LogP contribution in [0.1, 0.15) is 36.2 Å². The summed E-state index contributed by atoms with van der Waals surface area (Å²) in [5.74, 6) is -2.32. The van der Waals surface area contributed by atoms with Gasteiger partial charge in [0, 0.05) is 0 Å². The lowest BCUT2D eigenvalue weighted by molar-refractivity contribution is -0.139. The molecule has 0 spiro atoms. The van der Waals surface area contributed by atoms with E-state index in [9.17, 15) is 14.0 Å². The first kappa shape index (κ1) is 15.1. The van der Waals surface area contributed by atoms with E-state index in [1.165, 1.54) is 6.07 Å². The van der Waals surface area contributed by atoms with Crippen molar-refractivity contribution in [1.29, 1.82) is 0 Å². The summed E-state index contributed by atoms with van der Waals surface area (Å²) >= 11 is 0. The Hall–Kier alpha value is -1.91. The Bertz CT molecular complexity index is 486. The Balaban J connectivity index is 2.88. The molecule has 2 N–H and O–H groups in total. The monoisotopic (exact) mass is 267 g/mol. The zero-order valence-corrected chi connectivity index (χ0v) is 11.2. The van der Waals surface area contributed by atoms with E-state index in [0.717, 1.165) is 0 Å². The van der Waals surface area contributed by atoms with Crippen LogP contribution >= 0.6 is 0 Å². The number of carbonyl (C=O) groups is 2. The van der Waals surface area contributed by atoms with Crippen LogP contribution in [0, 0.1) is 18.7 Å². The van der Waals surface area contributed by atoms with Gasteiger partial charge in [0.05, 0.1) is 5.56 Å². The van der Waals surface area contributed by atoms with Crippen LogP contribution in [0.5, 0.6) is 0 Å². The summed E-state index contributed by atoms with van der Waals surface area (Å²) < 4.78 is 13.8. The molecule has 0 saturated heterocycles. The molecule has 0 saturated carbocycles. The van der Waals surface area contributed by atoms with Crippen molar-refractivity contribution < 1.29 is 19.1 Å². The van der Waals surface area contributed by atoms with Gasteiger partial charge in [-0.1, -0.05) is 26.0 Å². The molecule has 0 radical (unpaired) electrons. The Labute approximate surface area is 111 Å². The van der Waals surface area contributed by atoms with Crippen molar-refractivity contribution in [2.75, 3.05) is 0 Å². The van der Waals surface area contributed by atoms with Crippen LogP contribution < -0.4 is 5.32 Å². The molecule has 1 rings (SSSR count). The largest absolute Gasteiger partial charge is 0.480 e. The molecule has 104 valence electrons. The highest BCUT2D eigenvalue weighted by Crippen LogP contribution is 2.13. The standard InChI is InChI=1S/C14H18FNO3/c1-8(2)7-11(14(18)19)16-13(17)10-6-4-5-9(3)12(10)15/h4-6,8,11H,7H2,1-3H3,(H,16,17)(H,18,19)/t11-/m1/s1. The Morgan fingerprint density at radius 2 is 2.00 bits per heavy atom. The summed E-state index contributed by atoms with van der Waals surface area (Å²) in [5, 5.41) is 11.4. The molecule has 4 nitrogen and oxygen atoms in total. The average molecular weight is 267 g/mol. The fraction of sp³-hybridized carbons (Fsp3) is 0.429. The smallest absolute Gasteiger partial charge is 0.326 e. The van der Waals surface area contributed by atoms with Gasteiger partial charge in [0.2, 0.25) is 0 Å². The van der Waals surface area contributed by atoms with Crippen molar-refractivity contribution in [2.24, 2.45) is 5.92 Å². The number of amides is 1. The second kappa shape index (κ2) is 6.31. The van der Waals surface area contributed by atoms with Crippen LogP contribution in [0.15, 0.2) is 18.2 Å². The molecule has 19 heavy (non-hydrogen) atoms. The van der Waals surface area contributed by atoms with Crippen molar-refractivity contribution in [2.45, 2.75) is 33.2 Å². The van der Waals surface area contributed by atoms with E-state index in [1.54, 1.807) is 19.1 Å². The van der Waals surface area contributed by atoms with Crippen molar-refractivity contribution in [3.8, 4) is 0 Å². The summed E-state index contributed by atoms with van der Waals surface area (Å²) in [4.78, 5) is 22.9. The van der Waals surface area contributed by atoms with Crippen molar-refractivity contribution in [3.05, 3.63) is 35.1 Å². The first-order chi connectivity index (χ1) is 8.82. The molecular weight excluding hydrogens is 249 g/mol. The van der Waals surface area contributed by atoms with Gasteiger partial charge >= 0.3 is 5.97 Å². The summed E-state index contributed by atoms with van der Waals surface area (Å²) in [6, 6.07) is 3.44. The number of hydrogen-bond acceptors (Lipinski definition) is 2. The van der Waals surface area contributed by atoms with Gasteiger partial charge in [-0.2, -0.15) is 0 Å². The van der Waals surface area contributed by atoms with E-state index in [-0.39, 0.29) is 11.5 Å². The van der Waals surface area contributed by atoms with Gasteiger partial charge < -0.3 is 10.4 Å². The summed E-state index contributed by atoms with van der Waals surface area (Å²) in [5.41, 5.74) is 0.221. The maximum Gasteiger partial charge on any atom is 0.326 e. The summed E-state index contributed by atoms with van der Waals surface area (Å²) in [7, 11) is 0. The van der Waals surface area contributed by atoms with E-state index < -0.39 is 23.7 Å². The molecule has 1 aromatic rings. The third-order valence-electron chi connectivity index (χ3n) is 2.75. The number of benzene rings is 1. The van der Waals surface area contributed by atoms with E-state index in [2.05, 4.69) is 5.32 Å². The van der Waals surface area contributed by atoms with Crippen LogP contribution in [-0.2, 0) is 4.79 Å². The van der Waals surface area contributed by atoms with Crippen LogP contribution in [0.2, 0.25) is 0 Å². The predicted octanol–water partition coefficient (Wildman–Crippen LogP) is 2.36. The van der Waals surface area contributed by atoms with Gasteiger partial charge in [-0.15, -0.1) is 0 Å². The SMILES string of the molecule is Cc1cccc(C(=O)N[C@H](CC(C)C)C(=O)O)c1F. The molecular formula is C14H18FNO3. The normalized spacial score (nSPS) is 12.3. The molecule has 0 fully saturated rings. The molecule has 1 atom stereocenters. The van der Waals surface area contributed by atoms with Gasteiger partial charge in [0.25, 0.3) is 5.91 Å². The van der Waals surface area contributed by atoms with Crippen LogP contribution in [-0.4, -0.2) is 23.0 Å². The van der Waals surface area contributed by atoms with Gasteiger partial charge in [0.1, 0.15) is 11.9 Å². The lowest BCUT2D eigenvalue weighted by atomic mass is 10.0. The highest BCUT2D eigenvalue weighted by molar-refractivity contribution is 5.97. The quantitative estimate of drug-likeness (QED) is 0.860. The zero-order valence-electron chi connectivity index (χ0n) is 11.2. The average Bonchev–Trinajstić information content (AvgIpc) is 2.31. The van der Waals surface area contributed by atoms with Gasteiger partial charge in [0.15, 0.2) is 0 Å². The minimum Gasteiger partial charge on any atom is -0.480 e. The van der Waals surface area contributed by atoms with Gasteiger partial charge in [-0.3, -0.25) is 4.79 Å². The first-order valence-corrected chi connectivity index (χ1v) is 6.11. The first-order valence-electron chi connectivity index (χ1n) is 6.11. The fourth-order valence-electron chi connectivity index (χ4n) is 1.75. The Morgan fingerprint density at radius 1 is 1.37 bits per heavy atom. The third kappa shape index (κ3) is 4.05. The van der Waals surface area contributed by atoms with Gasteiger partial charge in [-0.05, 0) is 30.9 Å². The number of halogens is 1. The molecule has 1 aromatic carbocycles. The molecule has 0 aliphatic rings. The molecule has 0 heterocycles. The number of nitrogens with one attached hydrogen (secondary N) is 1. The van der Waals surface area contributed by atoms with Crippen LogP contribution in [0.4, 0.5) is 4.39 Å². The van der Waals surface area contributed by atoms with E-state index in [0.29, 0.717) is 12.0 Å². The second-order valence-corrected chi connectivity index (χ2v) is 4.93. The maximum atomic E-state index is 13.8. The van der Waals surface area contributed by atoms with Crippen LogP contribution in [0.25, 0.3) is 0 Å². The Morgan fingerprint density at radius 3 is 2.53 bits per heavy atom. The number of aliphatic carboxylic acids is 1. The number of aryl methyl sites for hydroxylation is 1. The Kier molecular flexibility index (Phi) is 5.03. The topological polar surface area (TPSA) is 66.4 Å². The molecule has 0 aromatic heterocycles. The molecule has 5 heteroatoms. The van der Waals surface area contributed by atoms with E-state index in [1.807, 2.05) is 13.8 Å². The summed E-state index contributed by atoms with van der Waals surface area (Å²) in [6.07, 6.45) is 0.300. The fourth-order valence-corrected chi connectivity index (χ4v) is 1.75. The van der Waals surface area contributed by atoms with E-state index >= 15 is 0 Å². The highest BCUT2D eigenvalue weighted by Gasteiger charge is 2.23. The predicted molar refractivity (Wildman–Crippen MR) is 69.5 cm³/mol.